The van der Waals surface area contributed by atoms with Crippen molar-refractivity contribution in [3.05, 3.63) is 17.8 Å². The highest BCUT2D eigenvalue weighted by molar-refractivity contribution is 5.39. The number of nitrogen functional groups attached to an aromatic ring is 1. The van der Waals surface area contributed by atoms with Crippen LogP contribution in [0.4, 0.5) is 5.82 Å². The molecule has 1 rings (SSSR count). The number of rotatable bonds is 11. The van der Waals surface area contributed by atoms with Crippen LogP contribution >= 0.6 is 0 Å². The minimum absolute atomic E-state index is 0.853. The molecular formula is C16H30N2. The van der Waals surface area contributed by atoms with Crippen LogP contribution in [0.1, 0.15) is 76.7 Å². The lowest BCUT2D eigenvalue weighted by molar-refractivity contribution is 0.556. The topological polar surface area (TPSA) is 41.8 Å². The monoisotopic (exact) mass is 250 g/mol. The summed E-state index contributed by atoms with van der Waals surface area (Å²) in [7, 11) is 0. The molecule has 1 aromatic rings. The summed E-state index contributed by atoms with van der Waals surface area (Å²) in [6.45, 7) is 2.28. The SMILES string of the molecule is CCCCCCCCCCCCc1cc[nH]c1N. The van der Waals surface area contributed by atoms with Gasteiger partial charge in [-0.25, -0.2) is 0 Å². The van der Waals surface area contributed by atoms with Gasteiger partial charge in [-0.1, -0.05) is 64.7 Å². The van der Waals surface area contributed by atoms with Gasteiger partial charge in [-0.2, -0.15) is 0 Å². The maximum Gasteiger partial charge on any atom is 0.103 e. The first-order valence-corrected chi connectivity index (χ1v) is 7.76. The van der Waals surface area contributed by atoms with Crippen molar-refractivity contribution >= 4 is 5.82 Å². The normalized spacial score (nSPS) is 10.9. The molecule has 3 N–H and O–H groups in total. The minimum atomic E-state index is 0.853. The van der Waals surface area contributed by atoms with E-state index in [0.717, 1.165) is 12.2 Å². The zero-order valence-electron chi connectivity index (χ0n) is 12.0. The Labute approximate surface area is 112 Å². The first-order valence-electron chi connectivity index (χ1n) is 7.76. The zero-order valence-corrected chi connectivity index (χ0v) is 12.0. The van der Waals surface area contributed by atoms with Gasteiger partial charge in [0.15, 0.2) is 0 Å². The average molecular weight is 250 g/mol. The molecule has 0 saturated heterocycles. The molecule has 0 aliphatic carbocycles. The van der Waals surface area contributed by atoms with Crippen molar-refractivity contribution in [3.8, 4) is 0 Å². The summed E-state index contributed by atoms with van der Waals surface area (Å²) < 4.78 is 0. The molecule has 0 spiro atoms. The van der Waals surface area contributed by atoms with Crippen LogP contribution in [-0.4, -0.2) is 4.98 Å². The second kappa shape index (κ2) is 10.0. The van der Waals surface area contributed by atoms with Gasteiger partial charge in [0, 0.05) is 6.20 Å². The van der Waals surface area contributed by atoms with Gasteiger partial charge >= 0.3 is 0 Å². The molecule has 0 atom stereocenters. The van der Waals surface area contributed by atoms with Gasteiger partial charge < -0.3 is 10.7 Å². The van der Waals surface area contributed by atoms with Crippen LogP contribution < -0.4 is 5.73 Å². The van der Waals surface area contributed by atoms with Crippen LogP contribution in [0.15, 0.2) is 12.3 Å². The first-order chi connectivity index (χ1) is 8.84. The van der Waals surface area contributed by atoms with Gasteiger partial charge in [0.2, 0.25) is 0 Å². The predicted molar refractivity (Wildman–Crippen MR) is 80.8 cm³/mol. The van der Waals surface area contributed by atoms with Crippen LogP contribution in [0.3, 0.4) is 0 Å². The molecule has 0 aromatic carbocycles. The smallest absolute Gasteiger partial charge is 0.103 e. The van der Waals surface area contributed by atoms with E-state index in [-0.39, 0.29) is 0 Å². The molecule has 0 fully saturated rings. The zero-order chi connectivity index (χ0) is 13.1. The van der Waals surface area contributed by atoms with Gasteiger partial charge in [-0.05, 0) is 24.5 Å². The predicted octanol–water partition coefficient (Wildman–Crippen LogP) is 5.06. The Kier molecular flexibility index (Phi) is 8.45. The number of hydrogen-bond donors (Lipinski definition) is 2. The quantitative estimate of drug-likeness (QED) is 0.529. The molecule has 0 amide bonds. The highest BCUT2D eigenvalue weighted by atomic mass is 14.8. The first kappa shape index (κ1) is 15.1. The van der Waals surface area contributed by atoms with Gasteiger partial charge in [-0.15, -0.1) is 0 Å². The fourth-order valence-corrected chi connectivity index (χ4v) is 2.44. The van der Waals surface area contributed by atoms with E-state index in [4.69, 9.17) is 5.73 Å². The van der Waals surface area contributed by atoms with E-state index in [1.165, 1.54) is 69.8 Å². The van der Waals surface area contributed by atoms with Crippen molar-refractivity contribution in [2.45, 2.75) is 77.6 Å². The van der Waals surface area contributed by atoms with Crippen LogP contribution in [0.2, 0.25) is 0 Å². The number of aromatic nitrogens is 1. The number of H-pyrrole nitrogens is 1. The Morgan fingerprint density at radius 2 is 1.44 bits per heavy atom. The largest absolute Gasteiger partial charge is 0.385 e. The average Bonchev–Trinajstić information content (AvgIpc) is 2.77. The number of aryl methyl sites for hydroxylation is 1. The number of nitrogens with two attached hydrogens (primary N) is 1. The Hall–Kier alpha value is -0.920. The fraction of sp³-hybridized carbons (Fsp3) is 0.750. The number of nitrogens with one attached hydrogen (secondary N) is 1. The number of unbranched alkanes of at least 4 members (excludes halogenated alkanes) is 9. The molecule has 0 aliphatic rings. The highest BCUT2D eigenvalue weighted by Gasteiger charge is 1.99. The third-order valence-corrected chi connectivity index (χ3v) is 3.67. The van der Waals surface area contributed by atoms with E-state index in [9.17, 15) is 0 Å². The van der Waals surface area contributed by atoms with E-state index in [2.05, 4.69) is 18.0 Å². The summed E-state index contributed by atoms with van der Waals surface area (Å²) in [6.07, 6.45) is 17.0. The molecular weight excluding hydrogens is 220 g/mol. The molecule has 2 heteroatoms. The van der Waals surface area contributed by atoms with Crippen molar-refractivity contribution in [1.82, 2.24) is 4.98 Å². The Morgan fingerprint density at radius 1 is 0.889 bits per heavy atom. The van der Waals surface area contributed by atoms with E-state index in [1.807, 2.05) is 6.20 Å². The van der Waals surface area contributed by atoms with Gasteiger partial charge in [0.25, 0.3) is 0 Å². The molecule has 104 valence electrons. The number of aromatic amines is 1. The lowest BCUT2D eigenvalue weighted by Gasteiger charge is -2.02. The van der Waals surface area contributed by atoms with Crippen LogP contribution in [0.5, 0.6) is 0 Å². The third-order valence-electron chi connectivity index (χ3n) is 3.67. The van der Waals surface area contributed by atoms with E-state index in [0.29, 0.717) is 0 Å². The van der Waals surface area contributed by atoms with Crippen molar-refractivity contribution in [2.75, 3.05) is 5.73 Å². The second-order valence-corrected chi connectivity index (χ2v) is 5.35. The Balaban J connectivity index is 1.83. The lowest BCUT2D eigenvalue weighted by atomic mass is 10.0. The summed E-state index contributed by atoms with van der Waals surface area (Å²) in [5.41, 5.74) is 7.09. The Bertz CT molecular complexity index is 291. The second-order valence-electron chi connectivity index (χ2n) is 5.35. The molecule has 0 radical (unpaired) electrons. The standard InChI is InChI=1S/C16H30N2/c1-2-3-4-5-6-7-8-9-10-11-12-15-13-14-18-16(15)17/h13-14,18H,2-12,17H2,1H3. The molecule has 2 nitrogen and oxygen atoms in total. The van der Waals surface area contributed by atoms with Crippen LogP contribution in [0, 0.1) is 0 Å². The summed E-state index contributed by atoms with van der Waals surface area (Å²) in [5, 5.41) is 0. The van der Waals surface area contributed by atoms with Crippen molar-refractivity contribution < 1.29 is 0 Å². The highest BCUT2D eigenvalue weighted by Crippen LogP contribution is 2.14. The molecule has 1 heterocycles. The van der Waals surface area contributed by atoms with Crippen LogP contribution in [-0.2, 0) is 6.42 Å². The third kappa shape index (κ3) is 6.73. The molecule has 0 aliphatic heterocycles. The number of anilines is 1. The van der Waals surface area contributed by atoms with Gasteiger partial charge in [0.1, 0.15) is 5.82 Å². The molecule has 18 heavy (non-hydrogen) atoms. The maximum atomic E-state index is 5.81. The lowest BCUT2D eigenvalue weighted by Crippen LogP contribution is -1.91. The molecule has 0 saturated carbocycles. The van der Waals surface area contributed by atoms with Crippen molar-refractivity contribution in [2.24, 2.45) is 0 Å². The fourth-order valence-electron chi connectivity index (χ4n) is 2.44. The van der Waals surface area contributed by atoms with E-state index >= 15 is 0 Å². The summed E-state index contributed by atoms with van der Waals surface area (Å²) >= 11 is 0. The molecule has 0 unspecified atom stereocenters. The van der Waals surface area contributed by atoms with Crippen LogP contribution in [0.25, 0.3) is 0 Å². The summed E-state index contributed by atoms with van der Waals surface area (Å²) in [6, 6.07) is 2.10. The Morgan fingerprint density at radius 3 is 1.94 bits per heavy atom. The molecule has 1 aromatic heterocycles. The minimum Gasteiger partial charge on any atom is -0.385 e. The van der Waals surface area contributed by atoms with E-state index in [1.54, 1.807) is 0 Å². The van der Waals surface area contributed by atoms with Gasteiger partial charge in [0.05, 0.1) is 0 Å². The van der Waals surface area contributed by atoms with E-state index < -0.39 is 0 Å². The maximum absolute atomic E-state index is 5.81. The summed E-state index contributed by atoms with van der Waals surface area (Å²) in [4.78, 5) is 3.03. The van der Waals surface area contributed by atoms with Gasteiger partial charge in [-0.3, -0.25) is 0 Å². The van der Waals surface area contributed by atoms with Crippen molar-refractivity contribution in [3.63, 3.8) is 0 Å². The van der Waals surface area contributed by atoms with Crippen molar-refractivity contribution in [1.29, 1.82) is 0 Å². The summed E-state index contributed by atoms with van der Waals surface area (Å²) in [5.74, 6) is 0.853. The molecule has 0 bridgehead atoms. The number of hydrogen-bond acceptors (Lipinski definition) is 1.